The Kier molecular flexibility index (Phi) is 6.36. The van der Waals surface area contributed by atoms with Gasteiger partial charge in [0, 0.05) is 17.6 Å². The molecule has 0 saturated carbocycles. The first-order valence-corrected chi connectivity index (χ1v) is 8.94. The summed E-state index contributed by atoms with van der Waals surface area (Å²) in [4.78, 5) is 0.160. The number of aliphatic hydroxyl groups excluding tert-OH is 1. The first-order valence-electron chi connectivity index (χ1n) is 6.66. The third kappa shape index (κ3) is 5.03. The molecule has 0 unspecified atom stereocenters. The minimum Gasteiger partial charge on any atom is -0.392 e. The first-order chi connectivity index (χ1) is 9.63. The van der Waals surface area contributed by atoms with Gasteiger partial charge in [-0.25, -0.2) is 13.1 Å². The molecule has 0 amide bonds. The van der Waals surface area contributed by atoms with Crippen LogP contribution >= 0.6 is 15.9 Å². The molecule has 21 heavy (non-hydrogen) atoms. The van der Waals surface area contributed by atoms with Gasteiger partial charge in [-0.15, -0.1) is 0 Å². The van der Waals surface area contributed by atoms with E-state index in [1.54, 1.807) is 13.0 Å². The van der Waals surface area contributed by atoms with Gasteiger partial charge in [-0.1, -0.05) is 15.9 Å². The van der Waals surface area contributed by atoms with Gasteiger partial charge in [0.2, 0.25) is 10.0 Å². The monoisotopic (exact) mass is 379 g/mol. The first kappa shape index (κ1) is 18.6. The number of nitrogens with one attached hydrogen (secondary N) is 1. The number of benzene rings is 1. The fourth-order valence-electron chi connectivity index (χ4n) is 1.87. The van der Waals surface area contributed by atoms with Gasteiger partial charge in [0.05, 0.1) is 17.1 Å². The maximum Gasteiger partial charge on any atom is 0.240 e. The Labute approximate surface area is 134 Å². The summed E-state index contributed by atoms with van der Waals surface area (Å²) in [5, 5.41) is 9.22. The van der Waals surface area contributed by atoms with Crippen LogP contribution in [0.5, 0.6) is 0 Å². The van der Waals surface area contributed by atoms with Gasteiger partial charge in [-0.3, -0.25) is 0 Å². The number of aliphatic hydroxyl groups is 1. The molecule has 7 heteroatoms. The van der Waals surface area contributed by atoms with Crippen LogP contribution in [-0.4, -0.2) is 32.3 Å². The van der Waals surface area contributed by atoms with E-state index in [9.17, 15) is 13.5 Å². The summed E-state index contributed by atoms with van der Waals surface area (Å²) in [5.74, 6) is 0. The van der Waals surface area contributed by atoms with E-state index >= 15 is 0 Å². The number of rotatable bonds is 7. The second-order valence-electron chi connectivity index (χ2n) is 5.38. The zero-order valence-corrected chi connectivity index (χ0v) is 15.1. The second kappa shape index (κ2) is 7.19. The molecule has 1 aromatic rings. The number of sulfonamides is 1. The normalized spacial score (nSPS) is 12.7. The van der Waals surface area contributed by atoms with E-state index in [1.165, 1.54) is 6.07 Å². The van der Waals surface area contributed by atoms with E-state index in [1.807, 2.05) is 20.8 Å². The van der Waals surface area contributed by atoms with Crippen LogP contribution in [-0.2, 0) is 21.4 Å². The lowest BCUT2D eigenvalue weighted by molar-refractivity contribution is -0.00515. The summed E-state index contributed by atoms with van der Waals surface area (Å²) in [7, 11) is -3.67. The lowest BCUT2D eigenvalue weighted by atomic mass is 10.1. The molecule has 2 N–H and O–H groups in total. The van der Waals surface area contributed by atoms with Crippen LogP contribution in [0.1, 0.15) is 31.9 Å². The van der Waals surface area contributed by atoms with E-state index < -0.39 is 15.6 Å². The van der Waals surface area contributed by atoms with E-state index in [4.69, 9.17) is 4.74 Å². The SMILES string of the molecule is CCOC(C)(C)CNS(=O)(=O)c1cc(CO)cc(Br)c1C. The Morgan fingerprint density at radius 2 is 2.00 bits per heavy atom. The van der Waals surface area contributed by atoms with E-state index in [-0.39, 0.29) is 18.0 Å². The maximum atomic E-state index is 12.5. The van der Waals surface area contributed by atoms with Crippen LogP contribution in [0.4, 0.5) is 0 Å². The highest BCUT2D eigenvalue weighted by Crippen LogP contribution is 2.26. The number of hydrogen-bond donors (Lipinski definition) is 2. The molecule has 1 aromatic carbocycles. The average molecular weight is 380 g/mol. The van der Waals surface area contributed by atoms with Crippen LogP contribution < -0.4 is 4.72 Å². The molecule has 0 radical (unpaired) electrons. The smallest absolute Gasteiger partial charge is 0.240 e. The quantitative estimate of drug-likeness (QED) is 0.762. The standard InChI is InChI=1S/C14H22BrNO4S/c1-5-20-14(3,4)9-16-21(18,19)13-7-11(8-17)6-12(15)10(13)2/h6-7,16-17H,5,8-9H2,1-4H3. The lowest BCUT2D eigenvalue weighted by Gasteiger charge is -2.25. The van der Waals surface area contributed by atoms with Crippen LogP contribution in [0.25, 0.3) is 0 Å². The minimum absolute atomic E-state index is 0.160. The summed E-state index contributed by atoms with van der Waals surface area (Å²) in [5.41, 5.74) is 0.562. The predicted molar refractivity (Wildman–Crippen MR) is 85.7 cm³/mol. The van der Waals surface area contributed by atoms with Crippen molar-refractivity contribution in [2.24, 2.45) is 0 Å². The van der Waals surface area contributed by atoms with Crippen LogP contribution in [0.3, 0.4) is 0 Å². The number of halogens is 1. The largest absolute Gasteiger partial charge is 0.392 e. The van der Waals surface area contributed by atoms with E-state index in [0.717, 1.165) is 0 Å². The Bertz CT molecular complexity index is 599. The zero-order chi connectivity index (χ0) is 16.3. The van der Waals surface area contributed by atoms with Crippen molar-refractivity contribution >= 4 is 26.0 Å². The highest BCUT2D eigenvalue weighted by Gasteiger charge is 2.24. The van der Waals surface area contributed by atoms with Crippen molar-refractivity contribution in [1.29, 1.82) is 0 Å². The molecule has 0 aliphatic heterocycles. The van der Waals surface area contributed by atoms with Crippen molar-refractivity contribution < 1.29 is 18.3 Å². The Hall–Kier alpha value is -0.470. The summed E-state index contributed by atoms with van der Waals surface area (Å²) in [6, 6.07) is 3.19. The highest BCUT2D eigenvalue weighted by atomic mass is 79.9. The second-order valence-corrected chi connectivity index (χ2v) is 7.97. The molecule has 0 aliphatic carbocycles. The zero-order valence-electron chi connectivity index (χ0n) is 12.7. The molecular formula is C14H22BrNO4S. The Balaban J connectivity index is 3.06. The fraction of sp³-hybridized carbons (Fsp3) is 0.571. The molecule has 0 aliphatic rings. The molecule has 1 rings (SSSR count). The molecule has 0 aromatic heterocycles. The summed E-state index contributed by atoms with van der Waals surface area (Å²) >= 11 is 3.32. The number of ether oxygens (including phenoxy) is 1. The van der Waals surface area contributed by atoms with E-state index in [0.29, 0.717) is 22.2 Å². The molecule has 0 bridgehead atoms. The van der Waals surface area contributed by atoms with Crippen molar-refractivity contribution in [3.05, 3.63) is 27.7 Å². The van der Waals surface area contributed by atoms with Gasteiger partial charge in [-0.05, 0) is 51.0 Å². The van der Waals surface area contributed by atoms with Gasteiger partial charge in [0.25, 0.3) is 0 Å². The summed E-state index contributed by atoms with van der Waals surface area (Å²) in [6.07, 6.45) is 0. The van der Waals surface area contributed by atoms with Gasteiger partial charge >= 0.3 is 0 Å². The molecule has 0 atom stereocenters. The minimum atomic E-state index is -3.67. The molecule has 5 nitrogen and oxygen atoms in total. The molecular weight excluding hydrogens is 358 g/mol. The maximum absolute atomic E-state index is 12.5. The van der Waals surface area contributed by atoms with Crippen LogP contribution in [0.15, 0.2) is 21.5 Å². The molecule has 0 heterocycles. The van der Waals surface area contributed by atoms with Gasteiger partial charge in [0.1, 0.15) is 0 Å². The Morgan fingerprint density at radius 1 is 1.38 bits per heavy atom. The topological polar surface area (TPSA) is 75.6 Å². The highest BCUT2D eigenvalue weighted by molar-refractivity contribution is 9.10. The third-order valence-electron chi connectivity index (χ3n) is 3.05. The van der Waals surface area contributed by atoms with Crippen LogP contribution in [0.2, 0.25) is 0 Å². The van der Waals surface area contributed by atoms with Crippen molar-refractivity contribution in [2.75, 3.05) is 13.2 Å². The van der Waals surface area contributed by atoms with Crippen molar-refractivity contribution in [3.8, 4) is 0 Å². The molecule has 0 spiro atoms. The molecule has 0 saturated heterocycles. The predicted octanol–water partition coefficient (Wildman–Crippen LogP) is 2.34. The summed E-state index contributed by atoms with van der Waals surface area (Å²) in [6.45, 7) is 7.70. The van der Waals surface area contributed by atoms with E-state index in [2.05, 4.69) is 20.7 Å². The van der Waals surface area contributed by atoms with Crippen molar-refractivity contribution in [3.63, 3.8) is 0 Å². The fourth-order valence-corrected chi connectivity index (χ4v) is 4.02. The van der Waals surface area contributed by atoms with Gasteiger partial charge in [-0.2, -0.15) is 0 Å². The van der Waals surface area contributed by atoms with Crippen molar-refractivity contribution in [2.45, 2.75) is 44.8 Å². The molecule has 0 fully saturated rings. The molecule has 120 valence electrons. The van der Waals surface area contributed by atoms with Crippen molar-refractivity contribution in [1.82, 2.24) is 4.72 Å². The average Bonchev–Trinajstić information content (AvgIpc) is 2.39. The Morgan fingerprint density at radius 3 is 2.52 bits per heavy atom. The van der Waals surface area contributed by atoms with Gasteiger partial charge < -0.3 is 9.84 Å². The number of hydrogen-bond acceptors (Lipinski definition) is 4. The van der Waals surface area contributed by atoms with Crippen LogP contribution in [0, 0.1) is 6.92 Å². The summed E-state index contributed by atoms with van der Waals surface area (Å²) < 4.78 is 33.6. The lowest BCUT2D eigenvalue weighted by Crippen LogP contribution is -2.40. The van der Waals surface area contributed by atoms with Gasteiger partial charge in [0.15, 0.2) is 0 Å². The third-order valence-corrected chi connectivity index (χ3v) is 5.40.